The molecule has 0 aliphatic carbocycles. The topological polar surface area (TPSA) is 70.2 Å². The third kappa shape index (κ3) is 2.71. The lowest BCUT2D eigenvalue weighted by Crippen LogP contribution is -1.99. The summed E-state index contributed by atoms with van der Waals surface area (Å²) in [5, 5.41) is 15.3. The van der Waals surface area contributed by atoms with Gasteiger partial charge in [0.05, 0.1) is 27.4 Å². The second-order valence-corrected chi connectivity index (χ2v) is 4.52. The van der Waals surface area contributed by atoms with Crippen molar-refractivity contribution in [3.05, 3.63) is 39.5 Å². The summed E-state index contributed by atoms with van der Waals surface area (Å²) < 4.78 is 6.94. The molecule has 0 amide bonds. The minimum absolute atomic E-state index is 0.0332. The number of rotatable bonds is 4. The number of nitro groups is 1. The van der Waals surface area contributed by atoms with Crippen LogP contribution < -0.4 is 4.74 Å². The molecule has 2 aromatic rings. The molecule has 1 heterocycles. The van der Waals surface area contributed by atoms with Crippen LogP contribution in [0.15, 0.2) is 24.4 Å². The van der Waals surface area contributed by atoms with Crippen molar-refractivity contribution in [1.82, 2.24) is 9.78 Å². The second-order valence-electron chi connectivity index (χ2n) is 3.66. The Kier molecular flexibility index (Phi) is 4.06. The SMILES string of the molecule is Cn1ncc(Cl)c1-c1cc([N+](=O)[O-])ccc1OCBr. The molecule has 1 aromatic heterocycles. The van der Waals surface area contributed by atoms with Gasteiger partial charge < -0.3 is 4.74 Å². The van der Waals surface area contributed by atoms with Crippen molar-refractivity contribution in [2.45, 2.75) is 0 Å². The number of hydrogen-bond acceptors (Lipinski definition) is 4. The van der Waals surface area contributed by atoms with Crippen LogP contribution >= 0.6 is 27.5 Å². The summed E-state index contributed by atoms with van der Waals surface area (Å²) in [6.45, 7) is 0. The molecule has 0 unspecified atom stereocenters. The van der Waals surface area contributed by atoms with Crippen LogP contribution in [0.4, 0.5) is 5.69 Å². The number of aromatic nitrogens is 2. The molecular formula is C11H9BrClN3O3. The smallest absolute Gasteiger partial charge is 0.270 e. The summed E-state index contributed by atoms with van der Waals surface area (Å²) in [6.07, 6.45) is 1.48. The summed E-state index contributed by atoms with van der Waals surface area (Å²) >= 11 is 9.22. The first-order chi connectivity index (χ1) is 9.04. The van der Waals surface area contributed by atoms with E-state index in [1.165, 1.54) is 24.4 Å². The molecule has 0 saturated heterocycles. The molecular weight excluding hydrogens is 337 g/mol. The van der Waals surface area contributed by atoms with Crippen LogP contribution in [0.2, 0.25) is 5.02 Å². The first-order valence-electron chi connectivity index (χ1n) is 5.19. The van der Waals surface area contributed by atoms with E-state index in [-0.39, 0.29) is 11.2 Å². The molecule has 0 radical (unpaired) electrons. The standard InChI is InChI=1S/C11H9BrClN3O3/c1-15-11(9(13)5-14-15)8-4-7(16(17)18)2-3-10(8)19-6-12/h2-5H,6H2,1H3. The molecule has 2 rings (SSSR count). The molecule has 0 aliphatic heterocycles. The van der Waals surface area contributed by atoms with E-state index in [2.05, 4.69) is 21.0 Å². The molecule has 8 heteroatoms. The Morgan fingerprint density at radius 1 is 1.58 bits per heavy atom. The van der Waals surface area contributed by atoms with Gasteiger partial charge in [-0.1, -0.05) is 11.6 Å². The van der Waals surface area contributed by atoms with Crippen LogP contribution in [0, 0.1) is 10.1 Å². The predicted octanol–water partition coefficient (Wildman–Crippen LogP) is 3.38. The summed E-state index contributed by atoms with van der Waals surface area (Å²) in [5.41, 5.74) is 1.34. The maximum atomic E-state index is 10.9. The van der Waals surface area contributed by atoms with Crippen molar-refractivity contribution in [3.8, 4) is 17.0 Å². The monoisotopic (exact) mass is 345 g/mol. The highest BCUT2D eigenvalue weighted by Gasteiger charge is 2.18. The number of benzene rings is 1. The minimum Gasteiger partial charge on any atom is -0.482 e. The first kappa shape index (κ1) is 13.8. The van der Waals surface area contributed by atoms with Crippen molar-refractivity contribution >= 4 is 33.2 Å². The molecule has 100 valence electrons. The Hall–Kier alpha value is -1.60. The number of aryl methyl sites for hydroxylation is 1. The lowest BCUT2D eigenvalue weighted by atomic mass is 10.1. The Morgan fingerprint density at radius 2 is 2.32 bits per heavy atom. The van der Waals surface area contributed by atoms with Gasteiger partial charge in [-0.3, -0.25) is 14.8 Å². The zero-order valence-corrected chi connectivity index (χ0v) is 12.2. The third-order valence-electron chi connectivity index (χ3n) is 2.53. The van der Waals surface area contributed by atoms with Gasteiger partial charge in [-0.05, 0) is 22.0 Å². The van der Waals surface area contributed by atoms with Crippen molar-refractivity contribution in [3.63, 3.8) is 0 Å². The van der Waals surface area contributed by atoms with Crippen LogP contribution in [0.1, 0.15) is 0 Å². The quantitative estimate of drug-likeness (QED) is 0.483. The minimum atomic E-state index is -0.467. The first-order valence-corrected chi connectivity index (χ1v) is 6.69. The average Bonchev–Trinajstić information content (AvgIpc) is 2.70. The fourth-order valence-corrected chi connectivity index (χ4v) is 2.23. The lowest BCUT2D eigenvalue weighted by Gasteiger charge is -2.10. The van der Waals surface area contributed by atoms with E-state index in [0.29, 0.717) is 22.0 Å². The van der Waals surface area contributed by atoms with Crippen LogP contribution in [0.25, 0.3) is 11.3 Å². The van der Waals surface area contributed by atoms with Crippen LogP contribution in [-0.4, -0.2) is 20.2 Å². The molecule has 0 spiro atoms. The molecule has 0 fully saturated rings. The molecule has 0 bridgehead atoms. The van der Waals surface area contributed by atoms with E-state index < -0.39 is 4.92 Å². The summed E-state index contributed by atoms with van der Waals surface area (Å²) in [5.74, 6) is 0.493. The molecule has 0 atom stereocenters. The molecule has 0 N–H and O–H groups in total. The Labute approximate surface area is 122 Å². The van der Waals surface area contributed by atoms with Crippen molar-refractivity contribution in [2.24, 2.45) is 7.05 Å². The van der Waals surface area contributed by atoms with Gasteiger partial charge in [0, 0.05) is 19.2 Å². The number of halogens is 2. The Bertz CT molecular complexity index is 610. The fraction of sp³-hybridized carbons (Fsp3) is 0.182. The van der Waals surface area contributed by atoms with Crippen molar-refractivity contribution in [2.75, 3.05) is 5.52 Å². The summed E-state index contributed by atoms with van der Waals surface area (Å²) in [6, 6.07) is 4.34. The number of nitro benzene ring substituents is 1. The normalized spacial score (nSPS) is 10.5. The highest BCUT2D eigenvalue weighted by atomic mass is 79.9. The van der Waals surface area contributed by atoms with Gasteiger partial charge >= 0.3 is 0 Å². The van der Waals surface area contributed by atoms with E-state index in [9.17, 15) is 10.1 Å². The van der Waals surface area contributed by atoms with Gasteiger partial charge in [0.15, 0.2) is 0 Å². The van der Waals surface area contributed by atoms with Crippen LogP contribution in [-0.2, 0) is 7.05 Å². The molecule has 6 nitrogen and oxygen atoms in total. The number of hydrogen-bond donors (Lipinski definition) is 0. The van der Waals surface area contributed by atoms with Gasteiger partial charge in [0.25, 0.3) is 5.69 Å². The number of ether oxygens (including phenoxy) is 1. The van der Waals surface area contributed by atoms with E-state index in [4.69, 9.17) is 16.3 Å². The van der Waals surface area contributed by atoms with E-state index >= 15 is 0 Å². The third-order valence-corrected chi connectivity index (χ3v) is 3.04. The van der Waals surface area contributed by atoms with Crippen molar-refractivity contribution in [1.29, 1.82) is 0 Å². The van der Waals surface area contributed by atoms with Crippen molar-refractivity contribution < 1.29 is 9.66 Å². The number of alkyl halides is 1. The highest BCUT2D eigenvalue weighted by Crippen LogP contribution is 2.37. The molecule has 0 saturated carbocycles. The van der Waals surface area contributed by atoms with Gasteiger partial charge in [0.1, 0.15) is 11.3 Å². The Balaban J connectivity index is 2.64. The zero-order valence-electron chi connectivity index (χ0n) is 9.84. The Morgan fingerprint density at radius 3 is 2.84 bits per heavy atom. The van der Waals surface area contributed by atoms with E-state index in [1.807, 2.05) is 0 Å². The van der Waals surface area contributed by atoms with E-state index in [0.717, 1.165) is 0 Å². The van der Waals surface area contributed by atoms with Gasteiger partial charge in [0.2, 0.25) is 0 Å². The van der Waals surface area contributed by atoms with Crippen LogP contribution in [0.3, 0.4) is 0 Å². The maximum absolute atomic E-state index is 10.9. The lowest BCUT2D eigenvalue weighted by molar-refractivity contribution is -0.384. The van der Waals surface area contributed by atoms with E-state index in [1.54, 1.807) is 11.7 Å². The van der Waals surface area contributed by atoms with Gasteiger partial charge in [-0.15, -0.1) is 0 Å². The van der Waals surface area contributed by atoms with Gasteiger partial charge in [-0.2, -0.15) is 5.10 Å². The molecule has 0 aliphatic rings. The maximum Gasteiger partial charge on any atom is 0.270 e. The number of non-ortho nitro benzene ring substituents is 1. The second kappa shape index (κ2) is 5.58. The highest BCUT2D eigenvalue weighted by molar-refractivity contribution is 9.09. The largest absolute Gasteiger partial charge is 0.482 e. The summed E-state index contributed by atoms with van der Waals surface area (Å²) in [4.78, 5) is 10.4. The summed E-state index contributed by atoms with van der Waals surface area (Å²) in [7, 11) is 1.71. The number of nitrogens with zero attached hydrogens (tertiary/aromatic N) is 3. The molecule has 1 aromatic carbocycles. The fourth-order valence-electron chi connectivity index (χ4n) is 1.71. The predicted molar refractivity (Wildman–Crippen MR) is 74.7 cm³/mol. The van der Waals surface area contributed by atoms with Crippen LogP contribution in [0.5, 0.6) is 5.75 Å². The zero-order chi connectivity index (χ0) is 14.0. The average molecular weight is 347 g/mol. The van der Waals surface area contributed by atoms with Gasteiger partial charge in [-0.25, -0.2) is 0 Å². The molecule has 19 heavy (non-hydrogen) atoms.